The van der Waals surface area contributed by atoms with Gasteiger partial charge in [-0.3, -0.25) is 4.79 Å². The Labute approximate surface area is 192 Å². The largest absolute Gasteiger partial charge is 0.497 e. The summed E-state index contributed by atoms with van der Waals surface area (Å²) in [6.45, 7) is 0.927. The van der Waals surface area contributed by atoms with Crippen LogP contribution in [0.2, 0.25) is 0 Å². The zero-order valence-corrected chi connectivity index (χ0v) is 18.9. The Morgan fingerprint density at radius 2 is 1.67 bits per heavy atom. The van der Waals surface area contributed by atoms with Crippen molar-refractivity contribution in [2.24, 2.45) is 5.92 Å². The van der Waals surface area contributed by atoms with Crippen molar-refractivity contribution in [3.05, 3.63) is 89.7 Å². The third-order valence-electron chi connectivity index (χ3n) is 5.39. The molecular formula is C25H24FNO5S. The molecule has 0 saturated heterocycles. The van der Waals surface area contributed by atoms with Crippen LogP contribution in [-0.4, -0.2) is 32.9 Å². The van der Waals surface area contributed by atoms with Gasteiger partial charge in [0, 0.05) is 18.7 Å². The summed E-state index contributed by atoms with van der Waals surface area (Å²) in [5, 5.41) is 0. The maximum atomic E-state index is 13.6. The highest BCUT2D eigenvalue weighted by Crippen LogP contribution is 2.31. The predicted molar refractivity (Wildman–Crippen MR) is 121 cm³/mol. The van der Waals surface area contributed by atoms with Gasteiger partial charge in [0.2, 0.25) is 0 Å². The highest BCUT2D eigenvalue weighted by Gasteiger charge is 2.27. The number of benzene rings is 3. The average Bonchev–Trinajstić information content (AvgIpc) is 3.63. The van der Waals surface area contributed by atoms with Crippen LogP contribution in [0.5, 0.6) is 11.5 Å². The van der Waals surface area contributed by atoms with Crippen LogP contribution >= 0.6 is 0 Å². The molecular weight excluding hydrogens is 445 g/mol. The van der Waals surface area contributed by atoms with Crippen LogP contribution in [0.25, 0.3) is 0 Å². The molecule has 0 unspecified atom stereocenters. The van der Waals surface area contributed by atoms with Crippen molar-refractivity contribution in [3.8, 4) is 11.5 Å². The van der Waals surface area contributed by atoms with Crippen molar-refractivity contribution in [1.82, 2.24) is 4.90 Å². The van der Waals surface area contributed by atoms with E-state index in [0.717, 1.165) is 18.4 Å². The Kier molecular flexibility index (Phi) is 6.65. The Hall–Kier alpha value is -3.39. The third kappa shape index (κ3) is 5.90. The molecule has 0 aromatic heterocycles. The minimum absolute atomic E-state index is 0.0173. The summed E-state index contributed by atoms with van der Waals surface area (Å²) in [5.41, 5.74) is 1.12. The SMILES string of the molecule is COc1ccc(S(=O)(=O)Oc2ccc(CN(CC3CC3)C(=O)c3cccc(F)c3)cc2)cc1. The number of methoxy groups -OCH3 is 1. The van der Waals surface area contributed by atoms with Crippen molar-refractivity contribution in [2.45, 2.75) is 24.3 Å². The first kappa shape index (κ1) is 22.8. The van der Waals surface area contributed by atoms with Crippen molar-refractivity contribution < 1.29 is 26.5 Å². The lowest BCUT2D eigenvalue weighted by molar-refractivity contribution is 0.0734. The van der Waals surface area contributed by atoms with Crippen LogP contribution in [0.4, 0.5) is 4.39 Å². The van der Waals surface area contributed by atoms with E-state index in [0.29, 0.717) is 30.3 Å². The Balaban J connectivity index is 1.46. The molecule has 0 N–H and O–H groups in total. The number of halogens is 1. The lowest BCUT2D eigenvalue weighted by atomic mass is 10.1. The van der Waals surface area contributed by atoms with E-state index in [2.05, 4.69) is 0 Å². The van der Waals surface area contributed by atoms with Gasteiger partial charge in [0.05, 0.1) is 7.11 Å². The van der Waals surface area contributed by atoms with Crippen LogP contribution in [0.1, 0.15) is 28.8 Å². The molecule has 0 aliphatic heterocycles. The molecule has 6 nitrogen and oxygen atoms in total. The number of carbonyl (C=O) groups is 1. The predicted octanol–water partition coefficient (Wildman–Crippen LogP) is 4.65. The minimum Gasteiger partial charge on any atom is -0.497 e. The van der Waals surface area contributed by atoms with E-state index in [1.807, 2.05) is 0 Å². The normalized spacial score (nSPS) is 13.4. The number of hydrogen-bond donors (Lipinski definition) is 0. The van der Waals surface area contributed by atoms with Crippen molar-refractivity contribution in [1.29, 1.82) is 0 Å². The van der Waals surface area contributed by atoms with Crippen molar-refractivity contribution >= 4 is 16.0 Å². The lowest BCUT2D eigenvalue weighted by Gasteiger charge is -2.23. The molecule has 0 spiro atoms. The van der Waals surface area contributed by atoms with E-state index in [9.17, 15) is 17.6 Å². The quantitative estimate of drug-likeness (QED) is 0.427. The first-order valence-electron chi connectivity index (χ1n) is 10.6. The number of amides is 1. The number of rotatable bonds is 9. The zero-order valence-electron chi connectivity index (χ0n) is 18.1. The van der Waals surface area contributed by atoms with Crippen LogP contribution in [-0.2, 0) is 16.7 Å². The third-order valence-corrected chi connectivity index (χ3v) is 6.65. The average molecular weight is 470 g/mol. The van der Waals surface area contributed by atoms with Gasteiger partial charge in [-0.2, -0.15) is 8.42 Å². The van der Waals surface area contributed by atoms with E-state index in [1.54, 1.807) is 47.4 Å². The standard InChI is InChI=1S/C25H24FNO5S/c1-31-22-11-13-24(14-12-22)33(29,30)32-23-9-7-19(8-10-23)17-27(16-18-5-6-18)25(28)20-3-2-4-21(26)15-20/h2-4,7-15,18H,5-6,16-17H2,1H3. The molecule has 0 radical (unpaired) electrons. The van der Waals surface area contributed by atoms with Gasteiger partial charge in [0.25, 0.3) is 5.91 Å². The van der Waals surface area contributed by atoms with Gasteiger partial charge in [-0.05, 0) is 78.9 Å². The van der Waals surface area contributed by atoms with Crippen LogP contribution < -0.4 is 8.92 Å². The summed E-state index contributed by atoms with van der Waals surface area (Å²) in [6.07, 6.45) is 2.14. The molecule has 33 heavy (non-hydrogen) atoms. The van der Waals surface area contributed by atoms with E-state index in [4.69, 9.17) is 8.92 Å². The molecule has 0 bridgehead atoms. The molecule has 4 rings (SSSR count). The van der Waals surface area contributed by atoms with E-state index in [1.165, 1.54) is 37.4 Å². The highest BCUT2D eigenvalue weighted by atomic mass is 32.2. The Morgan fingerprint density at radius 3 is 2.27 bits per heavy atom. The number of carbonyl (C=O) groups excluding carboxylic acids is 1. The van der Waals surface area contributed by atoms with Gasteiger partial charge in [-0.15, -0.1) is 0 Å². The number of ether oxygens (including phenoxy) is 1. The fourth-order valence-corrected chi connectivity index (χ4v) is 4.35. The molecule has 1 aliphatic rings. The van der Waals surface area contributed by atoms with E-state index >= 15 is 0 Å². The molecule has 1 amide bonds. The Bertz CT molecular complexity index is 1220. The van der Waals surface area contributed by atoms with E-state index < -0.39 is 15.9 Å². The summed E-state index contributed by atoms with van der Waals surface area (Å²) in [6, 6.07) is 18.1. The van der Waals surface area contributed by atoms with Crippen molar-refractivity contribution in [2.75, 3.05) is 13.7 Å². The van der Waals surface area contributed by atoms with Gasteiger partial charge >= 0.3 is 10.1 Å². The topological polar surface area (TPSA) is 72.9 Å². The second-order valence-corrected chi connectivity index (χ2v) is 9.54. The molecule has 0 heterocycles. The minimum atomic E-state index is -3.99. The molecule has 0 atom stereocenters. The molecule has 172 valence electrons. The Morgan fingerprint density at radius 1 is 1.00 bits per heavy atom. The van der Waals surface area contributed by atoms with Gasteiger partial charge in [0.15, 0.2) is 0 Å². The number of nitrogens with zero attached hydrogens (tertiary/aromatic N) is 1. The molecule has 3 aromatic rings. The first-order chi connectivity index (χ1) is 15.8. The molecule has 1 fully saturated rings. The second kappa shape index (κ2) is 9.62. The first-order valence-corrected chi connectivity index (χ1v) is 12.0. The maximum absolute atomic E-state index is 13.6. The summed E-state index contributed by atoms with van der Waals surface area (Å²) in [5.74, 6) is 0.483. The smallest absolute Gasteiger partial charge is 0.339 e. The maximum Gasteiger partial charge on any atom is 0.339 e. The molecule has 8 heteroatoms. The monoisotopic (exact) mass is 469 g/mol. The summed E-state index contributed by atoms with van der Waals surface area (Å²) < 4.78 is 48.9. The second-order valence-electron chi connectivity index (χ2n) is 8.00. The summed E-state index contributed by atoms with van der Waals surface area (Å²) in [7, 11) is -2.49. The fourth-order valence-electron chi connectivity index (χ4n) is 3.42. The van der Waals surface area contributed by atoms with Crippen LogP contribution in [0.3, 0.4) is 0 Å². The molecule has 1 aliphatic carbocycles. The summed E-state index contributed by atoms with van der Waals surface area (Å²) in [4.78, 5) is 14.7. The highest BCUT2D eigenvalue weighted by molar-refractivity contribution is 7.87. The summed E-state index contributed by atoms with van der Waals surface area (Å²) >= 11 is 0. The zero-order chi connectivity index (χ0) is 23.4. The van der Waals surface area contributed by atoms with E-state index in [-0.39, 0.29) is 16.6 Å². The molecule has 1 saturated carbocycles. The van der Waals surface area contributed by atoms with Gasteiger partial charge in [0.1, 0.15) is 22.2 Å². The van der Waals surface area contributed by atoms with Crippen molar-refractivity contribution in [3.63, 3.8) is 0 Å². The fraction of sp³-hybridized carbons (Fsp3) is 0.240. The molecule has 3 aromatic carbocycles. The van der Waals surface area contributed by atoms with Gasteiger partial charge < -0.3 is 13.8 Å². The van der Waals surface area contributed by atoms with Crippen LogP contribution in [0, 0.1) is 11.7 Å². The number of hydrogen-bond acceptors (Lipinski definition) is 5. The van der Waals surface area contributed by atoms with Crippen LogP contribution in [0.15, 0.2) is 77.7 Å². The van der Waals surface area contributed by atoms with Gasteiger partial charge in [-0.1, -0.05) is 18.2 Å². The lowest BCUT2D eigenvalue weighted by Crippen LogP contribution is -2.32. The van der Waals surface area contributed by atoms with Gasteiger partial charge in [-0.25, -0.2) is 4.39 Å².